The molecule has 0 aliphatic carbocycles. The number of phenolic OH excluding ortho intramolecular Hbond substituents is 1. The average Bonchev–Trinajstić information content (AvgIpc) is 3.24. The molecule has 2 aromatic rings. The topological polar surface area (TPSA) is 79.2 Å². The van der Waals surface area contributed by atoms with Gasteiger partial charge in [0, 0.05) is 31.0 Å². The molecule has 0 aromatic heterocycles. The number of likely N-dealkylation sites (tertiary alicyclic amines) is 1. The van der Waals surface area contributed by atoms with Crippen molar-refractivity contribution in [1.82, 2.24) is 4.90 Å². The van der Waals surface area contributed by atoms with Crippen LogP contribution in [0.3, 0.4) is 0 Å². The molecular formula is C22H22N2O4. The molecule has 1 atom stereocenters. The number of amides is 1. The molecule has 4 rings (SSSR count). The molecule has 6 nitrogen and oxygen atoms in total. The summed E-state index contributed by atoms with van der Waals surface area (Å²) in [6.07, 6.45) is 1.51. The summed E-state index contributed by atoms with van der Waals surface area (Å²) in [7, 11) is 0. The summed E-state index contributed by atoms with van der Waals surface area (Å²) in [5.41, 5.74) is 2.05. The van der Waals surface area contributed by atoms with E-state index < -0.39 is 0 Å². The predicted molar refractivity (Wildman–Crippen MR) is 104 cm³/mol. The largest absolute Gasteiger partial charge is 0.508 e. The van der Waals surface area contributed by atoms with Gasteiger partial charge in [-0.05, 0) is 42.7 Å². The summed E-state index contributed by atoms with van der Waals surface area (Å²) in [5.74, 6) is 0.00417. The Hall–Kier alpha value is -3.15. The molecular weight excluding hydrogens is 356 g/mol. The number of Topliss-reactive ketones (excluding diaryl/α,β-unsaturated/α-hetero) is 1. The molecule has 2 aliphatic rings. The fraction of sp³-hybridized carbons (Fsp3) is 0.318. The molecule has 1 unspecified atom stereocenters. The van der Waals surface area contributed by atoms with Gasteiger partial charge in [0.05, 0.1) is 0 Å². The summed E-state index contributed by atoms with van der Waals surface area (Å²) in [6, 6.07) is 16.1. The molecule has 1 N–H and O–H groups in total. The van der Waals surface area contributed by atoms with E-state index in [1.807, 2.05) is 30.3 Å². The molecule has 0 saturated carbocycles. The van der Waals surface area contributed by atoms with Crippen molar-refractivity contribution >= 4 is 17.4 Å². The first-order valence-electron chi connectivity index (χ1n) is 9.52. The van der Waals surface area contributed by atoms with Gasteiger partial charge in [-0.25, -0.2) is 0 Å². The zero-order valence-corrected chi connectivity index (χ0v) is 15.5. The van der Waals surface area contributed by atoms with Gasteiger partial charge in [0.2, 0.25) is 0 Å². The smallest absolute Gasteiger partial charge is 0.271 e. The van der Waals surface area contributed by atoms with Crippen LogP contribution in [0, 0.1) is 5.92 Å². The Balaban J connectivity index is 1.32. The van der Waals surface area contributed by atoms with Gasteiger partial charge in [-0.2, -0.15) is 0 Å². The summed E-state index contributed by atoms with van der Waals surface area (Å²) in [4.78, 5) is 32.6. The minimum Gasteiger partial charge on any atom is -0.508 e. The van der Waals surface area contributed by atoms with E-state index in [1.165, 1.54) is 12.1 Å². The van der Waals surface area contributed by atoms with Crippen molar-refractivity contribution in [1.29, 1.82) is 0 Å². The molecule has 1 saturated heterocycles. The van der Waals surface area contributed by atoms with Crippen molar-refractivity contribution in [3.63, 3.8) is 0 Å². The fourth-order valence-corrected chi connectivity index (χ4v) is 3.74. The number of oxime groups is 1. The molecule has 0 spiro atoms. The fourth-order valence-electron chi connectivity index (χ4n) is 3.74. The maximum atomic E-state index is 12.8. The zero-order chi connectivity index (χ0) is 19.5. The van der Waals surface area contributed by atoms with Crippen LogP contribution in [-0.2, 0) is 9.63 Å². The lowest BCUT2D eigenvalue weighted by Crippen LogP contribution is -2.43. The van der Waals surface area contributed by atoms with Gasteiger partial charge in [0.25, 0.3) is 5.91 Å². The van der Waals surface area contributed by atoms with Crippen LogP contribution in [0.15, 0.2) is 59.8 Å². The number of hydrogen-bond donors (Lipinski definition) is 1. The summed E-state index contributed by atoms with van der Waals surface area (Å²) >= 11 is 0. The SMILES string of the molecule is O=C(c1ccc(O)cc1)C1CCN(C(=O)C2=NOC(c3ccccc3)C2)CC1. The highest BCUT2D eigenvalue weighted by atomic mass is 16.6. The Morgan fingerprint density at radius 2 is 1.68 bits per heavy atom. The van der Waals surface area contributed by atoms with E-state index >= 15 is 0 Å². The Morgan fingerprint density at radius 1 is 1.00 bits per heavy atom. The lowest BCUT2D eigenvalue weighted by Gasteiger charge is -2.31. The van der Waals surface area contributed by atoms with E-state index in [1.54, 1.807) is 17.0 Å². The number of hydrogen-bond acceptors (Lipinski definition) is 5. The minimum absolute atomic E-state index is 0.0674. The maximum Gasteiger partial charge on any atom is 0.271 e. The third-order valence-corrected chi connectivity index (χ3v) is 5.39. The maximum absolute atomic E-state index is 12.8. The lowest BCUT2D eigenvalue weighted by atomic mass is 9.88. The van der Waals surface area contributed by atoms with Crippen LogP contribution in [-0.4, -0.2) is 40.5 Å². The van der Waals surface area contributed by atoms with Gasteiger partial charge in [-0.1, -0.05) is 35.5 Å². The number of aromatic hydroxyl groups is 1. The van der Waals surface area contributed by atoms with Gasteiger partial charge < -0.3 is 14.8 Å². The van der Waals surface area contributed by atoms with Crippen molar-refractivity contribution in [2.24, 2.45) is 11.1 Å². The molecule has 0 radical (unpaired) electrons. The highest BCUT2D eigenvalue weighted by Crippen LogP contribution is 2.29. The molecule has 2 aliphatic heterocycles. The van der Waals surface area contributed by atoms with Crippen LogP contribution in [0.5, 0.6) is 5.75 Å². The van der Waals surface area contributed by atoms with Crippen LogP contribution in [0.25, 0.3) is 0 Å². The first kappa shape index (κ1) is 18.2. The average molecular weight is 378 g/mol. The van der Waals surface area contributed by atoms with Crippen molar-refractivity contribution in [3.8, 4) is 5.75 Å². The number of rotatable bonds is 4. The number of carbonyl (C=O) groups excluding carboxylic acids is 2. The lowest BCUT2D eigenvalue weighted by molar-refractivity contribution is -0.125. The van der Waals surface area contributed by atoms with Crippen LogP contribution >= 0.6 is 0 Å². The summed E-state index contributed by atoms with van der Waals surface area (Å²) in [5, 5.41) is 13.4. The van der Waals surface area contributed by atoms with Gasteiger partial charge >= 0.3 is 0 Å². The van der Waals surface area contributed by atoms with Gasteiger partial charge in [-0.3, -0.25) is 9.59 Å². The number of phenols is 1. The van der Waals surface area contributed by atoms with Crippen LogP contribution in [0.2, 0.25) is 0 Å². The first-order chi connectivity index (χ1) is 13.6. The Labute approximate surface area is 163 Å². The van der Waals surface area contributed by atoms with Crippen molar-refractivity contribution in [2.75, 3.05) is 13.1 Å². The number of benzene rings is 2. The van der Waals surface area contributed by atoms with E-state index in [0.29, 0.717) is 43.6 Å². The molecule has 6 heteroatoms. The number of nitrogens with zero attached hydrogens (tertiary/aromatic N) is 2. The normalized spacial score (nSPS) is 19.8. The third-order valence-electron chi connectivity index (χ3n) is 5.39. The van der Waals surface area contributed by atoms with Gasteiger partial charge in [0.15, 0.2) is 11.9 Å². The second kappa shape index (κ2) is 7.84. The minimum atomic E-state index is -0.214. The predicted octanol–water partition coefficient (Wildman–Crippen LogP) is 3.33. The zero-order valence-electron chi connectivity index (χ0n) is 15.5. The third kappa shape index (κ3) is 3.76. The first-order valence-corrected chi connectivity index (χ1v) is 9.52. The van der Waals surface area contributed by atoms with Crippen molar-refractivity contribution in [3.05, 3.63) is 65.7 Å². The standard InChI is InChI=1S/C22H22N2O4/c25-18-8-6-16(7-9-18)21(26)17-10-12-24(13-11-17)22(27)19-14-20(28-23-19)15-4-2-1-3-5-15/h1-9,17,20,25H,10-14H2. The number of ketones is 1. The van der Waals surface area contributed by atoms with Crippen LogP contribution < -0.4 is 0 Å². The number of piperidine rings is 1. The molecule has 144 valence electrons. The molecule has 1 amide bonds. The summed E-state index contributed by atoms with van der Waals surface area (Å²) < 4.78 is 0. The number of carbonyl (C=O) groups is 2. The Morgan fingerprint density at radius 3 is 2.36 bits per heavy atom. The monoisotopic (exact) mass is 378 g/mol. The van der Waals surface area contributed by atoms with E-state index in [4.69, 9.17) is 4.84 Å². The quantitative estimate of drug-likeness (QED) is 0.828. The second-order valence-corrected chi connectivity index (χ2v) is 7.22. The Kier molecular flexibility index (Phi) is 5.10. The van der Waals surface area contributed by atoms with E-state index in [2.05, 4.69) is 5.16 Å². The van der Waals surface area contributed by atoms with Crippen molar-refractivity contribution < 1.29 is 19.5 Å². The summed E-state index contributed by atoms with van der Waals surface area (Å²) in [6.45, 7) is 1.06. The molecule has 0 bridgehead atoms. The van der Waals surface area contributed by atoms with Gasteiger partial charge in [-0.15, -0.1) is 0 Å². The highest BCUT2D eigenvalue weighted by Gasteiger charge is 2.33. The van der Waals surface area contributed by atoms with Crippen LogP contribution in [0.4, 0.5) is 0 Å². The van der Waals surface area contributed by atoms with E-state index in [-0.39, 0.29) is 29.5 Å². The van der Waals surface area contributed by atoms with Crippen molar-refractivity contribution in [2.45, 2.75) is 25.4 Å². The molecule has 2 heterocycles. The van der Waals surface area contributed by atoms with E-state index in [9.17, 15) is 14.7 Å². The van der Waals surface area contributed by atoms with E-state index in [0.717, 1.165) is 5.56 Å². The highest BCUT2D eigenvalue weighted by molar-refractivity contribution is 6.39. The Bertz CT molecular complexity index is 885. The second-order valence-electron chi connectivity index (χ2n) is 7.22. The molecule has 2 aromatic carbocycles. The molecule has 1 fully saturated rings. The van der Waals surface area contributed by atoms with Crippen LogP contribution in [0.1, 0.15) is 41.3 Å². The molecule has 28 heavy (non-hydrogen) atoms. The van der Waals surface area contributed by atoms with Gasteiger partial charge in [0.1, 0.15) is 11.5 Å².